The van der Waals surface area contributed by atoms with E-state index in [0.29, 0.717) is 19.8 Å². The number of alkyl carbamates (subject to hydrolysis) is 1. The maximum atomic E-state index is 11.6. The molecule has 0 aliphatic rings. The number of ether oxygens (including phenoxy) is 4. The molecule has 3 rings (SSSR count). The van der Waals surface area contributed by atoms with Crippen LogP contribution in [-0.4, -0.2) is 25.4 Å². The number of unbranched alkanes of at least 4 members (excludes halogenated alkanes) is 1. The summed E-state index contributed by atoms with van der Waals surface area (Å²) in [6.07, 6.45) is 1.19. The molecule has 0 fully saturated rings. The maximum Gasteiger partial charge on any atom is 0.407 e. The maximum absolute atomic E-state index is 11.6. The number of amides is 1. The number of hydrogen-bond acceptors (Lipinski definition) is 5. The molecule has 0 spiro atoms. The van der Waals surface area contributed by atoms with Gasteiger partial charge in [0, 0.05) is 6.54 Å². The lowest BCUT2D eigenvalue weighted by Gasteiger charge is -2.11. The van der Waals surface area contributed by atoms with Gasteiger partial charge >= 0.3 is 6.09 Å². The van der Waals surface area contributed by atoms with Crippen molar-refractivity contribution >= 4 is 6.09 Å². The lowest BCUT2D eigenvalue weighted by atomic mass is 10.2. The lowest BCUT2D eigenvalue weighted by Crippen LogP contribution is -2.26. The molecule has 0 aromatic heterocycles. The molecule has 6 nitrogen and oxygen atoms in total. The molecule has 174 valence electrons. The third-order valence-corrected chi connectivity index (χ3v) is 4.56. The predicted molar refractivity (Wildman–Crippen MR) is 128 cm³/mol. The number of para-hydroxylation sites is 1. The van der Waals surface area contributed by atoms with Crippen LogP contribution in [0.1, 0.15) is 32.3 Å². The zero-order chi connectivity index (χ0) is 23.3. The average molecular weight is 450 g/mol. The minimum atomic E-state index is -0.422. The van der Waals surface area contributed by atoms with Crippen molar-refractivity contribution in [1.82, 2.24) is 5.32 Å². The molecule has 1 amide bonds. The van der Waals surface area contributed by atoms with Gasteiger partial charge in [0.2, 0.25) is 0 Å². The van der Waals surface area contributed by atoms with Crippen molar-refractivity contribution in [2.45, 2.75) is 39.3 Å². The lowest BCUT2D eigenvalue weighted by molar-refractivity contribution is 0.115. The largest absolute Gasteiger partial charge is 0.494 e. The van der Waals surface area contributed by atoms with E-state index in [-0.39, 0.29) is 6.10 Å². The molecule has 0 heterocycles. The molecule has 0 saturated heterocycles. The summed E-state index contributed by atoms with van der Waals surface area (Å²) in [6, 6.07) is 25.0. The summed E-state index contributed by atoms with van der Waals surface area (Å²) >= 11 is 0. The van der Waals surface area contributed by atoms with Crippen molar-refractivity contribution in [3.05, 3.63) is 84.4 Å². The highest BCUT2D eigenvalue weighted by atomic mass is 16.6. The van der Waals surface area contributed by atoms with E-state index in [4.69, 9.17) is 18.9 Å². The first-order chi connectivity index (χ1) is 16.1. The van der Waals surface area contributed by atoms with E-state index in [2.05, 4.69) is 5.32 Å². The molecular formula is C27H31NO5. The van der Waals surface area contributed by atoms with Crippen LogP contribution in [0, 0.1) is 0 Å². The van der Waals surface area contributed by atoms with E-state index in [9.17, 15) is 4.79 Å². The summed E-state index contributed by atoms with van der Waals surface area (Å²) in [4.78, 5) is 11.6. The summed E-state index contributed by atoms with van der Waals surface area (Å²) < 4.78 is 22.5. The molecule has 3 aromatic carbocycles. The topological polar surface area (TPSA) is 66.0 Å². The van der Waals surface area contributed by atoms with Crippen LogP contribution in [0.25, 0.3) is 0 Å². The second-order valence-electron chi connectivity index (χ2n) is 7.75. The molecule has 0 unspecified atom stereocenters. The Hall–Kier alpha value is -3.67. The molecule has 6 heteroatoms. The molecule has 0 aliphatic heterocycles. The monoisotopic (exact) mass is 449 g/mol. The van der Waals surface area contributed by atoms with Crippen molar-refractivity contribution < 1.29 is 23.7 Å². The van der Waals surface area contributed by atoms with Gasteiger partial charge in [-0.25, -0.2) is 4.79 Å². The second kappa shape index (κ2) is 13.0. The van der Waals surface area contributed by atoms with Crippen molar-refractivity contribution in [3.8, 4) is 23.0 Å². The van der Waals surface area contributed by atoms with Crippen molar-refractivity contribution in [2.75, 3.05) is 13.2 Å². The normalized spacial score (nSPS) is 10.5. The van der Waals surface area contributed by atoms with Crippen LogP contribution < -0.4 is 19.5 Å². The number of carbonyl (C=O) groups is 1. The molecule has 0 aliphatic carbocycles. The summed E-state index contributed by atoms with van der Waals surface area (Å²) in [5.41, 5.74) is 0.955. The van der Waals surface area contributed by atoms with Gasteiger partial charge in [0.25, 0.3) is 0 Å². The Morgan fingerprint density at radius 1 is 0.758 bits per heavy atom. The fourth-order valence-corrected chi connectivity index (χ4v) is 2.99. The molecule has 0 bridgehead atoms. The minimum absolute atomic E-state index is 0.142. The molecule has 0 saturated carbocycles. The molecule has 33 heavy (non-hydrogen) atoms. The summed E-state index contributed by atoms with van der Waals surface area (Å²) in [5, 5.41) is 2.73. The Bertz CT molecular complexity index is 973. The fourth-order valence-electron chi connectivity index (χ4n) is 2.99. The Morgan fingerprint density at radius 3 is 2.06 bits per heavy atom. The van der Waals surface area contributed by atoms with Gasteiger partial charge < -0.3 is 24.3 Å². The highest BCUT2D eigenvalue weighted by Gasteiger charge is 2.05. The van der Waals surface area contributed by atoms with Crippen LogP contribution in [-0.2, 0) is 11.3 Å². The smallest absolute Gasteiger partial charge is 0.407 e. The third kappa shape index (κ3) is 9.15. The summed E-state index contributed by atoms with van der Waals surface area (Å²) in [6.45, 7) is 5.24. The fraction of sp³-hybridized carbons (Fsp3) is 0.296. The Balaban J connectivity index is 1.30. The van der Waals surface area contributed by atoms with E-state index >= 15 is 0 Å². The minimum Gasteiger partial charge on any atom is -0.494 e. The third-order valence-electron chi connectivity index (χ3n) is 4.56. The Kier molecular flexibility index (Phi) is 9.45. The zero-order valence-corrected chi connectivity index (χ0v) is 19.2. The van der Waals surface area contributed by atoms with Gasteiger partial charge in [-0.05, 0) is 80.8 Å². The van der Waals surface area contributed by atoms with Crippen LogP contribution in [0.15, 0.2) is 78.9 Å². The van der Waals surface area contributed by atoms with Crippen LogP contribution in [0.4, 0.5) is 4.79 Å². The van der Waals surface area contributed by atoms with Crippen molar-refractivity contribution in [1.29, 1.82) is 0 Å². The van der Waals surface area contributed by atoms with Crippen molar-refractivity contribution in [3.63, 3.8) is 0 Å². The number of rotatable bonds is 12. The Morgan fingerprint density at radius 2 is 1.36 bits per heavy atom. The van der Waals surface area contributed by atoms with Crippen LogP contribution in [0.5, 0.6) is 23.0 Å². The van der Waals surface area contributed by atoms with Gasteiger partial charge in [0.15, 0.2) is 0 Å². The van der Waals surface area contributed by atoms with Crippen LogP contribution >= 0.6 is 0 Å². The van der Waals surface area contributed by atoms with Gasteiger partial charge in [0.1, 0.15) is 23.0 Å². The zero-order valence-electron chi connectivity index (χ0n) is 19.2. The predicted octanol–water partition coefficient (Wildman–Crippen LogP) is 6.35. The first-order valence-corrected chi connectivity index (χ1v) is 11.2. The molecule has 0 atom stereocenters. The van der Waals surface area contributed by atoms with Crippen molar-refractivity contribution in [2.24, 2.45) is 0 Å². The van der Waals surface area contributed by atoms with E-state index in [0.717, 1.165) is 41.4 Å². The van der Waals surface area contributed by atoms with Crippen LogP contribution in [0.3, 0.4) is 0 Å². The molecule has 3 aromatic rings. The van der Waals surface area contributed by atoms with Gasteiger partial charge in [-0.15, -0.1) is 0 Å². The molecule has 1 N–H and O–H groups in total. The van der Waals surface area contributed by atoms with Gasteiger partial charge in [-0.3, -0.25) is 0 Å². The van der Waals surface area contributed by atoms with Crippen LogP contribution in [0.2, 0.25) is 0 Å². The summed E-state index contributed by atoms with van der Waals surface area (Å²) in [5.74, 6) is 3.17. The first-order valence-electron chi connectivity index (χ1n) is 11.2. The standard InChI is InChI=1S/C27H31NO5/c1-21(2)32-27(29)28-20-22-9-8-12-26(19-22)31-18-7-6-17-30-23-13-15-25(16-14-23)33-24-10-4-3-5-11-24/h3-5,8-16,19,21H,6-7,17-18,20H2,1-2H3,(H,28,29). The average Bonchev–Trinajstić information content (AvgIpc) is 2.81. The van der Waals surface area contributed by atoms with E-state index in [1.807, 2.05) is 92.7 Å². The quantitative estimate of drug-likeness (QED) is 0.326. The van der Waals surface area contributed by atoms with Gasteiger partial charge in [0.05, 0.1) is 19.3 Å². The van der Waals surface area contributed by atoms with Gasteiger partial charge in [-0.1, -0.05) is 30.3 Å². The Labute approximate surface area is 195 Å². The number of benzene rings is 3. The van der Waals surface area contributed by atoms with E-state index in [1.165, 1.54) is 0 Å². The summed E-state index contributed by atoms with van der Waals surface area (Å²) in [7, 11) is 0. The highest BCUT2D eigenvalue weighted by molar-refractivity contribution is 5.67. The molecule has 0 radical (unpaired) electrons. The number of carbonyl (C=O) groups excluding carboxylic acids is 1. The first kappa shape index (κ1) is 24.0. The second-order valence-corrected chi connectivity index (χ2v) is 7.75. The highest BCUT2D eigenvalue weighted by Crippen LogP contribution is 2.23. The number of hydrogen-bond donors (Lipinski definition) is 1. The van der Waals surface area contributed by atoms with E-state index < -0.39 is 6.09 Å². The molecular weight excluding hydrogens is 418 g/mol. The van der Waals surface area contributed by atoms with E-state index in [1.54, 1.807) is 0 Å². The SMILES string of the molecule is CC(C)OC(=O)NCc1cccc(OCCCCOc2ccc(Oc3ccccc3)cc2)c1. The number of nitrogens with one attached hydrogen (secondary N) is 1. The van der Waals surface area contributed by atoms with Gasteiger partial charge in [-0.2, -0.15) is 0 Å².